The summed E-state index contributed by atoms with van der Waals surface area (Å²) in [4.78, 5) is 13.5. The van der Waals surface area contributed by atoms with E-state index in [1.54, 1.807) is 0 Å². The van der Waals surface area contributed by atoms with Gasteiger partial charge in [-0.05, 0) is 49.5 Å². The van der Waals surface area contributed by atoms with Crippen LogP contribution < -0.4 is 5.73 Å². The summed E-state index contributed by atoms with van der Waals surface area (Å²) in [5, 5.41) is 10.5. The topological polar surface area (TPSA) is 75.8 Å². The highest BCUT2D eigenvalue weighted by Gasteiger charge is 2.25. The van der Waals surface area contributed by atoms with Gasteiger partial charge in [0, 0.05) is 12.5 Å². The SMILES string of the molecule is Cc1ccccc1[C@@H](OC[C@@H](O)CN1CCC(C(N)=O)CC1)c1ccccc1. The van der Waals surface area contributed by atoms with Crippen molar-refractivity contribution in [3.63, 3.8) is 0 Å². The molecule has 2 aromatic rings. The lowest BCUT2D eigenvalue weighted by atomic mass is 9.96. The summed E-state index contributed by atoms with van der Waals surface area (Å²) in [6, 6.07) is 18.3. The molecule has 3 N–H and O–H groups in total. The van der Waals surface area contributed by atoms with Crippen LogP contribution in [0.1, 0.15) is 35.6 Å². The van der Waals surface area contributed by atoms with Gasteiger partial charge in [0.05, 0.1) is 12.7 Å². The molecule has 150 valence electrons. The Hall–Kier alpha value is -2.21. The first-order chi connectivity index (χ1) is 13.5. The van der Waals surface area contributed by atoms with Crippen LogP contribution in [0, 0.1) is 12.8 Å². The first kappa shape index (κ1) is 20.5. The Bertz CT molecular complexity index is 757. The van der Waals surface area contributed by atoms with Crippen LogP contribution in [0.3, 0.4) is 0 Å². The Morgan fingerprint density at radius 2 is 1.79 bits per heavy atom. The lowest BCUT2D eigenvalue weighted by molar-refractivity contribution is -0.123. The monoisotopic (exact) mass is 382 g/mol. The average molecular weight is 383 g/mol. The number of aliphatic hydroxyl groups excluding tert-OH is 1. The summed E-state index contributed by atoms with van der Waals surface area (Å²) in [6.45, 7) is 4.44. The van der Waals surface area contributed by atoms with Crippen LogP contribution in [0.4, 0.5) is 0 Å². The number of aliphatic hydroxyl groups is 1. The summed E-state index contributed by atoms with van der Waals surface area (Å²) in [7, 11) is 0. The van der Waals surface area contributed by atoms with Gasteiger partial charge in [0.25, 0.3) is 0 Å². The fourth-order valence-corrected chi connectivity index (χ4v) is 3.83. The van der Waals surface area contributed by atoms with Crippen LogP contribution in [0.2, 0.25) is 0 Å². The minimum absolute atomic E-state index is 0.0341. The van der Waals surface area contributed by atoms with E-state index in [0.29, 0.717) is 6.54 Å². The van der Waals surface area contributed by atoms with Crippen LogP contribution in [0.5, 0.6) is 0 Å². The van der Waals surface area contributed by atoms with E-state index in [0.717, 1.165) is 37.1 Å². The molecular weight excluding hydrogens is 352 g/mol. The number of hydrogen-bond donors (Lipinski definition) is 2. The Morgan fingerprint density at radius 1 is 1.14 bits per heavy atom. The van der Waals surface area contributed by atoms with E-state index in [9.17, 15) is 9.90 Å². The summed E-state index contributed by atoms with van der Waals surface area (Å²) in [5.41, 5.74) is 8.75. The van der Waals surface area contributed by atoms with Crippen molar-refractivity contribution in [3.05, 3.63) is 71.3 Å². The molecule has 0 saturated carbocycles. The van der Waals surface area contributed by atoms with Gasteiger partial charge in [0.2, 0.25) is 5.91 Å². The maximum atomic E-state index is 11.3. The molecule has 1 heterocycles. The number of carbonyl (C=O) groups excluding carboxylic acids is 1. The maximum absolute atomic E-state index is 11.3. The van der Waals surface area contributed by atoms with Gasteiger partial charge in [0.15, 0.2) is 0 Å². The predicted octanol–water partition coefficient (Wildman–Crippen LogP) is 2.66. The standard InChI is InChI=1S/C23H30N2O3/c1-17-7-5-6-10-21(17)22(18-8-3-2-4-9-18)28-16-20(26)15-25-13-11-19(12-14-25)23(24)27/h2-10,19-20,22,26H,11-16H2,1H3,(H2,24,27)/t20-,22-/m0/s1. The molecule has 0 spiro atoms. The van der Waals surface area contributed by atoms with Crippen molar-refractivity contribution in [1.29, 1.82) is 0 Å². The number of aryl methyl sites for hydroxylation is 1. The van der Waals surface area contributed by atoms with Gasteiger partial charge < -0.3 is 20.5 Å². The molecule has 5 heteroatoms. The molecule has 3 rings (SSSR count). The first-order valence-electron chi connectivity index (χ1n) is 9.96. The predicted molar refractivity (Wildman–Crippen MR) is 110 cm³/mol. The summed E-state index contributed by atoms with van der Waals surface area (Å²) >= 11 is 0. The van der Waals surface area contributed by atoms with E-state index in [1.165, 1.54) is 5.56 Å². The normalized spacial score (nSPS) is 17.9. The number of ether oxygens (including phenoxy) is 1. The third-order valence-electron chi connectivity index (χ3n) is 5.49. The highest BCUT2D eigenvalue weighted by Crippen LogP contribution is 2.28. The van der Waals surface area contributed by atoms with Gasteiger partial charge >= 0.3 is 0 Å². The molecule has 0 unspecified atom stereocenters. The second-order valence-corrected chi connectivity index (χ2v) is 7.61. The Morgan fingerprint density at radius 3 is 2.43 bits per heavy atom. The number of nitrogens with two attached hydrogens (primary N) is 1. The van der Waals surface area contributed by atoms with E-state index in [4.69, 9.17) is 10.5 Å². The number of β-amino-alcohol motifs (C(OH)–C–C–N with tert-alkyl or cyclic N) is 1. The van der Waals surface area contributed by atoms with Gasteiger partial charge in [-0.1, -0.05) is 54.6 Å². The number of nitrogens with zero attached hydrogens (tertiary/aromatic N) is 1. The lowest BCUT2D eigenvalue weighted by Gasteiger charge is -2.32. The van der Waals surface area contributed by atoms with E-state index >= 15 is 0 Å². The van der Waals surface area contributed by atoms with Gasteiger partial charge in [-0.3, -0.25) is 4.79 Å². The number of piperidine rings is 1. The number of hydrogen-bond acceptors (Lipinski definition) is 4. The van der Waals surface area contributed by atoms with Gasteiger partial charge in [-0.25, -0.2) is 0 Å². The molecule has 2 atom stereocenters. The molecule has 0 bridgehead atoms. The number of benzene rings is 2. The molecule has 5 nitrogen and oxygen atoms in total. The smallest absolute Gasteiger partial charge is 0.220 e. The molecule has 1 amide bonds. The molecule has 1 aliphatic heterocycles. The zero-order valence-corrected chi connectivity index (χ0v) is 16.5. The fraction of sp³-hybridized carbons (Fsp3) is 0.435. The zero-order chi connectivity index (χ0) is 19.9. The van der Waals surface area contributed by atoms with Gasteiger partial charge in [-0.2, -0.15) is 0 Å². The van der Waals surface area contributed by atoms with Crippen molar-refractivity contribution in [2.45, 2.75) is 32.0 Å². The average Bonchev–Trinajstić information content (AvgIpc) is 2.70. The molecule has 2 aromatic carbocycles. The molecule has 0 aromatic heterocycles. The molecule has 1 aliphatic rings. The minimum atomic E-state index is -0.583. The van der Waals surface area contributed by atoms with Crippen molar-refractivity contribution in [2.24, 2.45) is 11.7 Å². The van der Waals surface area contributed by atoms with Crippen LogP contribution in [-0.2, 0) is 9.53 Å². The molecule has 0 radical (unpaired) electrons. The summed E-state index contributed by atoms with van der Waals surface area (Å²) in [6.07, 6.45) is 0.732. The van der Waals surface area contributed by atoms with E-state index in [1.807, 2.05) is 30.3 Å². The lowest BCUT2D eigenvalue weighted by Crippen LogP contribution is -2.42. The molecular formula is C23H30N2O3. The molecule has 1 fully saturated rings. The third kappa shape index (κ3) is 5.41. The van der Waals surface area contributed by atoms with Crippen molar-refractivity contribution in [3.8, 4) is 0 Å². The Balaban J connectivity index is 1.59. The summed E-state index contributed by atoms with van der Waals surface area (Å²) in [5.74, 6) is -0.249. The maximum Gasteiger partial charge on any atom is 0.220 e. The molecule has 28 heavy (non-hydrogen) atoms. The molecule has 0 aliphatic carbocycles. The van der Waals surface area contributed by atoms with Crippen molar-refractivity contribution < 1.29 is 14.6 Å². The second kappa shape index (κ2) is 9.82. The summed E-state index contributed by atoms with van der Waals surface area (Å²) < 4.78 is 6.21. The Kier molecular flexibility index (Phi) is 7.20. The quantitative estimate of drug-likeness (QED) is 0.736. The van der Waals surface area contributed by atoms with Crippen LogP contribution in [0.15, 0.2) is 54.6 Å². The minimum Gasteiger partial charge on any atom is -0.389 e. The highest BCUT2D eigenvalue weighted by atomic mass is 16.5. The van der Waals surface area contributed by atoms with E-state index in [2.05, 4.69) is 36.1 Å². The highest BCUT2D eigenvalue weighted by molar-refractivity contribution is 5.76. The number of rotatable bonds is 8. The largest absolute Gasteiger partial charge is 0.389 e. The first-order valence-corrected chi connectivity index (χ1v) is 9.96. The third-order valence-corrected chi connectivity index (χ3v) is 5.49. The number of likely N-dealkylation sites (tertiary alicyclic amines) is 1. The van der Waals surface area contributed by atoms with Crippen molar-refractivity contribution in [1.82, 2.24) is 4.90 Å². The number of amides is 1. The number of primary amides is 1. The van der Waals surface area contributed by atoms with Crippen molar-refractivity contribution >= 4 is 5.91 Å². The second-order valence-electron chi connectivity index (χ2n) is 7.61. The number of carbonyl (C=O) groups is 1. The zero-order valence-electron chi connectivity index (χ0n) is 16.5. The van der Waals surface area contributed by atoms with Crippen LogP contribution in [-0.4, -0.2) is 48.3 Å². The van der Waals surface area contributed by atoms with E-state index < -0.39 is 6.10 Å². The van der Waals surface area contributed by atoms with Gasteiger partial charge in [-0.15, -0.1) is 0 Å². The Labute approximate surface area is 167 Å². The van der Waals surface area contributed by atoms with Crippen LogP contribution >= 0.6 is 0 Å². The van der Waals surface area contributed by atoms with E-state index in [-0.39, 0.29) is 24.5 Å². The fourth-order valence-electron chi connectivity index (χ4n) is 3.83. The van der Waals surface area contributed by atoms with Crippen LogP contribution in [0.25, 0.3) is 0 Å². The van der Waals surface area contributed by atoms with Crippen molar-refractivity contribution in [2.75, 3.05) is 26.2 Å². The molecule has 1 saturated heterocycles. The van der Waals surface area contributed by atoms with Gasteiger partial charge in [0.1, 0.15) is 6.10 Å².